The Bertz CT molecular complexity index is 337. The summed E-state index contributed by atoms with van der Waals surface area (Å²) in [6, 6.07) is 5.25. The van der Waals surface area contributed by atoms with Crippen molar-refractivity contribution in [1.82, 2.24) is 4.90 Å². The molecule has 3 heteroatoms. The molecule has 2 heterocycles. The van der Waals surface area contributed by atoms with Gasteiger partial charge in [-0.05, 0) is 50.8 Å². The number of likely N-dealkylation sites (tertiary alicyclic amines) is 1. The van der Waals surface area contributed by atoms with Crippen LogP contribution in [0.2, 0.25) is 0 Å². The molecule has 0 saturated carbocycles. The maximum Gasteiger partial charge on any atom is 0.0431 e. The molecule has 2 nitrogen and oxygen atoms in total. The van der Waals surface area contributed by atoms with Gasteiger partial charge in [0.2, 0.25) is 0 Å². The van der Waals surface area contributed by atoms with E-state index in [2.05, 4.69) is 24.0 Å². The van der Waals surface area contributed by atoms with Gasteiger partial charge in [-0.2, -0.15) is 0 Å². The van der Waals surface area contributed by atoms with Gasteiger partial charge < -0.3 is 5.11 Å². The molecule has 0 bridgehead atoms. The highest BCUT2D eigenvalue weighted by Gasteiger charge is 2.24. The highest BCUT2D eigenvalue weighted by molar-refractivity contribution is 7.11. The van der Waals surface area contributed by atoms with Crippen LogP contribution < -0.4 is 0 Å². The Labute approximate surface area is 108 Å². The maximum atomic E-state index is 8.92. The summed E-state index contributed by atoms with van der Waals surface area (Å²) < 4.78 is 0. The fourth-order valence-electron chi connectivity index (χ4n) is 2.65. The van der Waals surface area contributed by atoms with Gasteiger partial charge in [-0.1, -0.05) is 6.92 Å². The van der Waals surface area contributed by atoms with Crippen LogP contribution in [0.3, 0.4) is 0 Å². The van der Waals surface area contributed by atoms with Crippen LogP contribution in [-0.2, 0) is 13.0 Å². The van der Waals surface area contributed by atoms with Gasteiger partial charge in [0.15, 0.2) is 0 Å². The van der Waals surface area contributed by atoms with E-state index in [1.54, 1.807) is 0 Å². The minimum atomic E-state index is 0.337. The third kappa shape index (κ3) is 3.54. The summed E-state index contributed by atoms with van der Waals surface area (Å²) in [6.45, 7) is 4.90. The largest absolute Gasteiger partial charge is 0.396 e. The number of aliphatic hydroxyl groups excluding tert-OH is 1. The van der Waals surface area contributed by atoms with Crippen molar-refractivity contribution >= 4 is 11.3 Å². The molecule has 1 aromatic rings. The maximum absolute atomic E-state index is 8.92. The Morgan fingerprint density at radius 2 is 2.24 bits per heavy atom. The molecule has 1 unspecified atom stereocenters. The third-order valence-electron chi connectivity index (χ3n) is 3.62. The first-order chi connectivity index (χ1) is 8.33. The van der Waals surface area contributed by atoms with E-state index in [0.717, 1.165) is 25.8 Å². The average molecular weight is 253 g/mol. The van der Waals surface area contributed by atoms with E-state index in [1.807, 2.05) is 11.3 Å². The first kappa shape index (κ1) is 13.1. The van der Waals surface area contributed by atoms with Crippen molar-refractivity contribution in [2.45, 2.75) is 51.6 Å². The molecular formula is C14H23NOS. The molecule has 96 valence electrons. The minimum absolute atomic E-state index is 0.337. The molecule has 1 aromatic heterocycles. The van der Waals surface area contributed by atoms with Crippen LogP contribution in [0.5, 0.6) is 0 Å². The van der Waals surface area contributed by atoms with Crippen molar-refractivity contribution in [2.24, 2.45) is 0 Å². The lowest BCUT2D eigenvalue weighted by Crippen LogP contribution is -2.28. The lowest BCUT2D eigenvalue weighted by Gasteiger charge is -2.23. The predicted octanol–water partition coefficient (Wildman–Crippen LogP) is 3.05. The van der Waals surface area contributed by atoms with Crippen LogP contribution in [-0.4, -0.2) is 29.2 Å². The zero-order chi connectivity index (χ0) is 12.1. The summed E-state index contributed by atoms with van der Waals surface area (Å²) in [5, 5.41) is 8.92. The molecule has 1 saturated heterocycles. The highest BCUT2D eigenvalue weighted by Crippen LogP contribution is 2.26. The summed E-state index contributed by atoms with van der Waals surface area (Å²) in [5.41, 5.74) is 0. The summed E-state index contributed by atoms with van der Waals surface area (Å²) >= 11 is 1.95. The van der Waals surface area contributed by atoms with Crippen LogP contribution in [0.4, 0.5) is 0 Å². The second kappa shape index (κ2) is 6.53. The van der Waals surface area contributed by atoms with E-state index >= 15 is 0 Å². The number of aryl methyl sites for hydroxylation is 1. The van der Waals surface area contributed by atoms with E-state index in [1.165, 1.54) is 29.1 Å². The Morgan fingerprint density at radius 3 is 2.94 bits per heavy atom. The fraction of sp³-hybridized carbons (Fsp3) is 0.714. The first-order valence-electron chi connectivity index (χ1n) is 6.76. The number of hydrogen-bond donors (Lipinski definition) is 1. The van der Waals surface area contributed by atoms with Gasteiger partial charge in [-0.3, -0.25) is 4.90 Å². The SMILES string of the molecule is CCc1ccc(CN2CCCC2CCCO)s1. The molecule has 1 aliphatic rings. The quantitative estimate of drug-likeness (QED) is 0.842. The fourth-order valence-corrected chi connectivity index (χ4v) is 3.64. The second-order valence-electron chi connectivity index (χ2n) is 4.85. The summed E-state index contributed by atoms with van der Waals surface area (Å²) in [5.74, 6) is 0. The topological polar surface area (TPSA) is 23.5 Å². The molecule has 2 rings (SSSR count). The van der Waals surface area contributed by atoms with E-state index in [9.17, 15) is 0 Å². The number of hydrogen-bond acceptors (Lipinski definition) is 3. The van der Waals surface area contributed by atoms with Crippen molar-refractivity contribution in [2.75, 3.05) is 13.2 Å². The highest BCUT2D eigenvalue weighted by atomic mass is 32.1. The standard InChI is InChI=1S/C14H23NOS/c1-2-13-7-8-14(17-13)11-15-9-3-5-12(15)6-4-10-16/h7-8,12,16H,2-6,9-11H2,1H3. The van der Waals surface area contributed by atoms with E-state index < -0.39 is 0 Å². The van der Waals surface area contributed by atoms with Crippen molar-refractivity contribution in [1.29, 1.82) is 0 Å². The molecule has 0 radical (unpaired) electrons. The molecule has 1 aliphatic heterocycles. The van der Waals surface area contributed by atoms with Crippen molar-refractivity contribution < 1.29 is 5.11 Å². The molecule has 1 N–H and O–H groups in total. The number of nitrogens with zero attached hydrogens (tertiary/aromatic N) is 1. The van der Waals surface area contributed by atoms with E-state index in [0.29, 0.717) is 12.6 Å². The summed E-state index contributed by atoms with van der Waals surface area (Å²) in [4.78, 5) is 5.59. The zero-order valence-electron chi connectivity index (χ0n) is 10.7. The monoisotopic (exact) mass is 253 g/mol. The van der Waals surface area contributed by atoms with Crippen molar-refractivity contribution in [3.63, 3.8) is 0 Å². The second-order valence-corrected chi connectivity index (χ2v) is 6.11. The average Bonchev–Trinajstić information content (AvgIpc) is 2.96. The Balaban J connectivity index is 1.88. The van der Waals surface area contributed by atoms with Gasteiger partial charge in [0.1, 0.15) is 0 Å². The molecule has 0 aliphatic carbocycles. The Hall–Kier alpha value is -0.380. The van der Waals surface area contributed by atoms with Crippen LogP contribution in [0.25, 0.3) is 0 Å². The van der Waals surface area contributed by atoms with E-state index in [4.69, 9.17) is 5.11 Å². The van der Waals surface area contributed by atoms with Crippen LogP contribution in [0.1, 0.15) is 42.4 Å². The smallest absolute Gasteiger partial charge is 0.0431 e. The van der Waals surface area contributed by atoms with Crippen LogP contribution in [0, 0.1) is 0 Å². The molecule has 0 amide bonds. The van der Waals surface area contributed by atoms with E-state index in [-0.39, 0.29) is 0 Å². The Morgan fingerprint density at radius 1 is 1.41 bits per heavy atom. The normalized spacial score (nSPS) is 21.2. The Kier molecular flexibility index (Phi) is 5.01. The van der Waals surface area contributed by atoms with Crippen molar-refractivity contribution in [3.05, 3.63) is 21.9 Å². The van der Waals surface area contributed by atoms with Crippen molar-refractivity contribution in [3.8, 4) is 0 Å². The minimum Gasteiger partial charge on any atom is -0.396 e. The van der Waals surface area contributed by atoms with Gasteiger partial charge in [-0.15, -0.1) is 11.3 Å². The summed E-state index contributed by atoms with van der Waals surface area (Å²) in [6.07, 6.45) is 5.89. The molecular weight excluding hydrogens is 230 g/mol. The number of rotatable bonds is 6. The lowest BCUT2D eigenvalue weighted by molar-refractivity contribution is 0.211. The van der Waals surface area contributed by atoms with Gasteiger partial charge in [0, 0.05) is 28.9 Å². The van der Waals surface area contributed by atoms with Crippen LogP contribution in [0.15, 0.2) is 12.1 Å². The molecule has 1 atom stereocenters. The van der Waals surface area contributed by atoms with Gasteiger partial charge in [0.05, 0.1) is 0 Å². The molecule has 17 heavy (non-hydrogen) atoms. The molecule has 0 spiro atoms. The zero-order valence-corrected chi connectivity index (χ0v) is 11.5. The number of thiophene rings is 1. The predicted molar refractivity (Wildman–Crippen MR) is 73.4 cm³/mol. The van der Waals surface area contributed by atoms with Crippen LogP contribution >= 0.6 is 11.3 Å². The number of aliphatic hydroxyl groups is 1. The summed E-state index contributed by atoms with van der Waals surface area (Å²) in [7, 11) is 0. The van der Waals surface area contributed by atoms with Gasteiger partial charge in [-0.25, -0.2) is 0 Å². The first-order valence-corrected chi connectivity index (χ1v) is 7.57. The molecule has 0 aromatic carbocycles. The van der Waals surface area contributed by atoms with Gasteiger partial charge in [0.25, 0.3) is 0 Å². The third-order valence-corrected chi connectivity index (χ3v) is 4.83. The molecule has 1 fully saturated rings. The van der Waals surface area contributed by atoms with Gasteiger partial charge >= 0.3 is 0 Å². The lowest BCUT2D eigenvalue weighted by atomic mass is 10.1.